The van der Waals surface area contributed by atoms with Gasteiger partial charge in [-0.05, 0) is 44.0 Å². The van der Waals surface area contributed by atoms with Crippen molar-refractivity contribution >= 4 is 11.7 Å². The minimum atomic E-state index is -4.45. The molecule has 0 radical (unpaired) electrons. The number of carbonyl (C=O) groups is 1. The molecule has 0 fully saturated rings. The Balaban J connectivity index is 1.70. The number of alkyl halides is 3. The van der Waals surface area contributed by atoms with Gasteiger partial charge in [-0.15, -0.1) is 0 Å². The van der Waals surface area contributed by atoms with Crippen LogP contribution in [0.15, 0.2) is 29.1 Å². The molecule has 1 aromatic heterocycles. The Morgan fingerprint density at radius 2 is 1.67 bits per heavy atom. The zero-order valence-corrected chi connectivity index (χ0v) is 20.8. The molecule has 1 amide bonds. The van der Waals surface area contributed by atoms with E-state index in [4.69, 9.17) is 9.47 Å². The number of anilines is 1. The number of carbonyl (C=O) groups excluding carboxylic acids is 1. The molecule has 1 aliphatic heterocycles. The first-order chi connectivity index (χ1) is 17.2. The molecule has 0 aliphatic carbocycles. The van der Waals surface area contributed by atoms with Crippen LogP contribution < -0.4 is 20.3 Å². The van der Waals surface area contributed by atoms with E-state index < -0.39 is 18.3 Å². The van der Waals surface area contributed by atoms with Crippen LogP contribution in [0.25, 0.3) is 5.69 Å². The molecule has 7 nitrogen and oxygen atoms in total. The van der Waals surface area contributed by atoms with Crippen LogP contribution in [0.1, 0.15) is 77.2 Å². The Morgan fingerprint density at radius 3 is 2.31 bits per heavy atom. The van der Waals surface area contributed by atoms with Crippen LogP contribution in [0.5, 0.6) is 11.8 Å². The largest absolute Gasteiger partial charge is 0.484 e. The Bertz CT molecular complexity index is 1070. The first kappa shape index (κ1) is 27.5. The van der Waals surface area contributed by atoms with Gasteiger partial charge >= 0.3 is 12.2 Å². The summed E-state index contributed by atoms with van der Waals surface area (Å²) < 4.78 is 49.4. The van der Waals surface area contributed by atoms with Gasteiger partial charge < -0.3 is 14.8 Å². The molecule has 1 atom stereocenters. The summed E-state index contributed by atoms with van der Waals surface area (Å²) in [7, 11) is 0. The van der Waals surface area contributed by atoms with Crippen LogP contribution in [0.4, 0.5) is 19.0 Å². The monoisotopic (exact) mass is 509 g/mol. The fourth-order valence-corrected chi connectivity index (χ4v) is 4.10. The van der Waals surface area contributed by atoms with Gasteiger partial charge in [0.1, 0.15) is 11.6 Å². The van der Waals surface area contributed by atoms with E-state index in [2.05, 4.69) is 17.2 Å². The van der Waals surface area contributed by atoms with Crippen LogP contribution in [0, 0.1) is 0 Å². The van der Waals surface area contributed by atoms with Gasteiger partial charge in [-0.1, -0.05) is 51.9 Å². The highest BCUT2D eigenvalue weighted by molar-refractivity contribution is 5.97. The number of fused-ring (bicyclic) bond motifs is 1. The topological polar surface area (TPSA) is 82.4 Å². The van der Waals surface area contributed by atoms with Crippen molar-refractivity contribution in [1.29, 1.82) is 0 Å². The average Bonchev–Trinajstić information content (AvgIpc) is 3.20. The molecule has 1 N–H and O–H groups in total. The van der Waals surface area contributed by atoms with Gasteiger partial charge in [0.15, 0.2) is 6.61 Å². The molecule has 1 unspecified atom stereocenters. The summed E-state index contributed by atoms with van der Waals surface area (Å²) in [6.07, 6.45) is 5.53. The summed E-state index contributed by atoms with van der Waals surface area (Å²) >= 11 is 0. The first-order valence-corrected chi connectivity index (χ1v) is 12.6. The van der Waals surface area contributed by atoms with Crippen LogP contribution in [0.3, 0.4) is 0 Å². The number of aromatic nitrogens is 2. The van der Waals surface area contributed by atoms with Gasteiger partial charge in [-0.3, -0.25) is 9.59 Å². The Kier molecular flexibility index (Phi) is 9.78. The summed E-state index contributed by atoms with van der Waals surface area (Å²) in [4.78, 5) is 29.5. The lowest BCUT2D eigenvalue weighted by molar-refractivity contribution is -0.153. The maximum atomic E-state index is 13.2. The molecular formula is C26H34F3N3O4. The van der Waals surface area contributed by atoms with Crippen molar-refractivity contribution in [3.05, 3.63) is 40.2 Å². The second kappa shape index (κ2) is 12.8. The number of benzene rings is 1. The minimum absolute atomic E-state index is 0.0145. The molecule has 1 aromatic carbocycles. The summed E-state index contributed by atoms with van der Waals surface area (Å²) in [5.74, 6) is -0.137. The van der Waals surface area contributed by atoms with E-state index in [9.17, 15) is 22.8 Å². The standard InChI is InChI=1S/C26H34F3N3O4/c1-3-4-5-6-7-8-9-10-11-18(2)36-25-31-23-21(16-22(33)30-23)24(34)32(25)19-12-14-20(15-13-19)35-17-26(27,28)29/h12-15,18H,3-11,16-17H2,1-2H3,(H,30,33). The summed E-state index contributed by atoms with van der Waals surface area (Å²) in [5, 5.41) is 2.58. The third kappa shape index (κ3) is 7.99. The number of amides is 1. The number of nitrogens with one attached hydrogen (secondary N) is 1. The Labute approximate surface area is 209 Å². The first-order valence-electron chi connectivity index (χ1n) is 12.6. The van der Waals surface area contributed by atoms with Crippen molar-refractivity contribution in [2.24, 2.45) is 0 Å². The molecule has 2 heterocycles. The lowest BCUT2D eigenvalue weighted by Gasteiger charge is -2.19. The normalized spacial score (nSPS) is 13.9. The molecule has 0 spiro atoms. The van der Waals surface area contributed by atoms with Gasteiger partial charge in [-0.2, -0.15) is 18.2 Å². The highest BCUT2D eigenvalue weighted by Gasteiger charge is 2.29. The van der Waals surface area contributed by atoms with Crippen molar-refractivity contribution in [3.63, 3.8) is 0 Å². The van der Waals surface area contributed by atoms with Gasteiger partial charge in [-0.25, -0.2) is 4.57 Å². The van der Waals surface area contributed by atoms with E-state index in [-0.39, 0.29) is 41.6 Å². The molecule has 2 aromatic rings. The van der Waals surface area contributed by atoms with Crippen LogP contribution in [-0.2, 0) is 11.2 Å². The molecule has 3 rings (SSSR count). The van der Waals surface area contributed by atoms with Gasteiger partial charge in [0.25, 0.3) is 5.56 Å². The summed E-state index contributed by atoms with van der Waals surface area (Å²) in [6.45, 7) is 2.69. The van der Waals surface area contributed by atoms with E-state index in [0.29, 0.717) is 5.69 Å². The van der Waals surface area contributed by atoms with E-state index in [0.717, 1.165) is 19.3 Å². The highest BCUT2D eigenvalue weighted by Crippen LogP contribution is 2.26. The maximum Gasteiger partial charge on any atom is 0.422 e. The number of rotatable bonds is 14. The lowest BCUT2D eigenvalue weighted by atomic mass is 10.1. The second-order valence-corrected chi connectivity index (χ2v) is 9.18. The van der Waals surface area contributed by atoms with Gasteiger partial charge in [0.2, 0.25) is 5.91 Å². The molecule has 0 bridgehead atoms. The Hall–Kier alpha value is -3.04. The van der Waals surface area contributed by atoms with Gasteiger partial charge in [0, 0.05) is 0 Å². The van der Waals surface area contributed by atoms with Crippen molar-refractivity contribution in [3.8, 4) is 17.4 Å². The van der Waals surface area contributed by atoms with Crippen molar-refractivity contribution in [2.75, 3.05) is 11.9 Å². The zero-order valence-electron chi connectivity index (χ0n) is 20.8. The maximum absolute atomic E-state index is 13.2. The second-order valence-electron chi connectivity index (χ2n) is 9.18. The van der Waals surface area contributed by atoms with Crippen molar-refractivity contribution in [1.82, 2.24) is 9.55 Å². The number of nitrogens with zero attached hydrogens (tertiary/aromatic N) is 2. The molecule has 10 heteroatoms. The quantitative estimate of drug-likeness (QED) is 0.318. The number of ether oxygens (including phenoxy) is 2. The van der Waals surface area contributed by atoms with Gasteiger partial charge in [0.05, 0.1) is 23.8 Å². The zero-order chi connectivity index (χ0) is 26.1. The molecule has 0 saturated carbocycles. The predicted molar refractivity (Wildman–Crippen MR) is 131 cm³/mol. The summed E-state index contributed by atoms with van der Waals surface area (Å²) in [6, 6.07) is 5.63. The highest BCUT2D eigenvalue weighted by atomic mass is 19.4. The predicted octanol–water partition coefficient (Wildman–Crippen LogP) is 5.97. The van der Waals surface area contributed by atoms with E-state index in [1.54, 1.807) is 0 Å². The molecular weight excluding hydrogens is 475 g/mol. The average molecular weight is 510 g/mol. The fraction of sp³-hybridized carbons (Fsp3) is 0.577. The number of unbranched alkanes of at least 4 members (excludes halogenated alkanes) is 7. The lowest BCUT2D eigenvalue weighted by Crippen LogP contribution is -2.27. The molecule has 36 heavy (non-hydrogen) atoms. The third-order valence-corrected chi connectivity index (χ3v) is 6.01. The summed E-state index contributed by atoms with van der Waals surface area (Å²) in [5.41, 5.74) is 0.111. The molecule has 198 valence electrons. The number of halogens is 3. The van der Waals surface area contributed by atoms with Crippen LogP contribution in [0.2, 0.25) is 0 Å². The smallest absolute Gasteiger partial charge is 0.422 e. The van der Waals surface area contributed by atoms with Crippen molar-refractivity contribution < 1.29 is 27.4 Å². The number of hydrogen-bond acceptors (Lipinski definition) is 5. The van der Waals surface area contributed by atoms with E-state index in [1.807, 2.05) is 6.92 Å². The third-order valence-electron chi connectivity index (χ3n) is 6.01. The molecule has 1 aliphatic rings. The molecule has 0 saturated heterocycles. The number of hydrogen-bond donors (Lipinski definition) is 1. The SMILES string of the molecule is CCCCCCCCCCC(C)Oc1nc2c(c(=O)n1-c1ccc(OCC(F)(F)F)cc1)CC(=O)N2. The van der Waals surface area contributed by atoms with E-state index >= 15 is 0 Å². The van der Waals surface area contributed by atoms with E-state index in [1.165, 1.54) is 67.4 Å². The van der Waals surface area contributed by atoms with Crippen LogP contribution >= 0.6 is 0 Å². The van der Waals surface area contributed by atoms with Crippen molar-refractivity contribution in [2.45, 2.75) is 90.3 Å². The fourth-order valence-electron chi connectivity index (χ4n) is 4.10. The van der Waals surface area contributed by atoms with Crippen LogP contribution in [-0.4, -0.2) is 34.3 Å². The minimum Gasteiger partial charge on any atom is -0.484 e. The Morgan fingerprint density at radius 1 is 1.03 bits per heavy atom.